The first kappa shape index (κ1) is 13.5. The van der Waals surface area contributed by atoms with E-state index in [9.17, 15) is 4.79 Å². The van der Waals surface area contributed by atoms with Crippen LogP contribution in [0.5, 0.6) is 5.75 Å². The average Bonchev–Trinajstić information content (AvgIpc) is 3.08. The summed E-state index contributed by atoms with van der Waals surface area (Å²) in [6, 6.07) is 7.84. The van der Waals surface area contributed by atoms with Crippen LogP contribution in [0.3, 0.4) is 0 Å². The summed E-state index contributed by atoms with van der Waals surface area (Å²) in [4.78, 5) is 12.1. The lowest BCUT2D eigenvalue weighted by Crippen LogP contribution is -2.27. The molecule has 1 N–H and O–H groups in total. The molecule has 0 spiro atoms. The maximum Gasteiger partial charge on any atom is 0.220 e. The zero-order valence-corrected chi connectivity index (χ0v) is 12.1. The molecule has 1 aromatic rings. The Morgan fingerprint density at radius 2 is 2.15 bits per heavy atom. The molecule has 20 heavy (non-hydrogen) atoms. The maximum atomic E-state index is 12.1. The third-order valence-electron chi connectivity index (χ3n) is 5.00. The molecule has 2 aliphatic rings. The van der Waals surface area contributed by atoms with E-state index >= 15 is 0 Å². The SMILES string of the molecule is COc1ccccc1CNC(=O)C[C@H]1C[C@H]2CC[C@H]1C2. The van der Waals surface area contributed by atoms with Crippen LogP contribution >= 0.6 is 0 Å². The Bertz CT molecular complexity index is 486. The van der Waals surface area contributed by atoms with Gasteiger partial charge in [-0.05, 0) is 43.1 Å². The molecule has 0 unspecified atom stereocenters. The van der Waals surface area contributed by atoms with Crippen LogP contribution in [0, 0.1) is 17.8 Å². The molecule has 3 atom stereocenters. The maximum absolute atomic E-state index is 12.1. The van der Waals surface area contributed by atoms with Crippen molar-refractivity contribution in [2.45, 2.75) is 38.6 Å². The molecule has 3 nitrogen and oxygen atoms in total. The number of amides is 1. The summed E-state index contributed by atoms with van der Waals surface area (Å²) < 4.78 is 5.30. The van der Waals surface area contributed by atoms with Crippen molar-refractivity contribution in [3.8, 4) is 5.75 Å². The number of hydrogen-bond acceptors (Lipinski definition) is 2. The monoisotopic (exact) mass is 273 g/mol. The molecular formula is C17H23NO2. The molecule has 108 valence electrons. The number of para-hydroxylation sites is 1. The minimum Gasteiger partial charge on any atom is -0.496 e. The summed E-state index contributed by atoms with van der Waals surface area (Å²) in [5.74, 6) is 3.39. The highest BCUT2D eigenvalue weighted by molar-refractivity contribution is 5.76. The second-order valence-corrected chi connectivity index (χ2v) is 6.23. The van der Waals surface area contributed by atoms with Gasteiger partial charge in [0.15, 0.2) is 0 Å². The van der Waals surface area contributed by atoms with Crippen molar-refractivity contribution in [2.24, 2.45) is 17.8 Å². The predicted octanol–water partition coefficient (Wildman–Crippen LogP) is 3.14. The van der Waals surface area contributed by atoms with Crippen LogP contribution in [0.25, 0.3) is 0 Å². The minimum absolute atomic E-state index is 0.188. The molecule has 2 saturated carbocycles. The van der Waals surface area contributed by atoms with Crippen molar-refractivity contribution in [1.82, 2.24) is 5.32 Å². The summed E-state index contributed by atoms with van der Waals surface area (Å²) in [5.41, 5.74) is 1.04. The fourth-order valence-electron chi connectivity index (χ4n) is 3.98. The highest BCUT2D eigenvalue weighted by atomic mass is 16.5. The number of fused-ring (bicyclic) bond motifs is 2. The van der Waals surface area contributed by atoms with E-state index in [1.54, 1.807) is 7.11 Å². The fraction of sp³-hybridized carbons (Fsp3) is 0.588. The van der Waals surface area contributed by atoms with E-state index in [1.165, 1.54) is 25.7 Å². The normalized spacial score (nSPS) is 27.6. The van der Waals surface area contributed by atoms with Crippen LogP contribution in [0.15, 0.2) is 24.3 Å². The van der Waals surface area contributed by atoms with Crippen LogP contribution < -0.4 is 10.1 Å². The third kappa shape index (κ3) is 2.82. The number of rotatable bonds is 5. The van der Waals surface area contributed by atoms with Crippen molar-refractivity contribution in [3.63, 3.8) is 0 Å². The quantitative estimate of drug-likeness (QED) is 0.895. The van der Waals surface area contributed by atoms with E-state index in [0.717, 1.165) is 23.1 Å². The second-order valence-electron chi connectivity index (χ2n) is 6.23. The molecule has 3 heteroatoms. The van der Waals surface area contributed by atoms with E-state index in [-0.39, 0.29) is 5.91 Å². The lowest BCUT2D eigenvalue weighted by molar-refractivity contribution is -0.122. The Morgan fingerprint density at radius 3 is 2.85 bits per heavy atom. The lowest BCUT2D eigenvalue weighted by Gasteiger charge is -2.21. The van der Waals surface area contributed by atoms with E-state index in [1.807, 2.05) is 24.3 Å². The summed E-state index contributed by atoms with van der Waals surface area (Å²) in [6.07, 6.45) is 6.08. The van der Waals surface area contributed by atoms with E-state index in [2.05, 4.69) is 5.32 Å². The van der Waals surface area contributed by atoms with Crippen LogP contribution in [0.1, 0.15) is 37.7 Å². The largest absolute Gasteiger partial charge is 0.496 e. The topological polar surface area (TPSA) is 38.3 Å². The number of benzene rings is 1. The number of hydrogen-bond donors (Lipinski definition) is 1. The van der Waals surface area contributed by atoms with Crippen molar-refractivity contribution < 1.29 is 9.53 Å². The Hall–Kier alpha value is -1.51. The smallest absolute Gasteiger partial charge is 0.220 e. The summed E-state index contributed by atoms with van der Waals surface area (Å²) in [7, 11) is 1.66. The predicted molar refractivity (Wildman–Crippen MR) is 78.4 cm³/mol. The molecule has 1 amide bonds. The van der Waals surface area contributed by atoms with Crippen LogP contribution in [0.2, 0.25) is 0 Å². The highest BCUT2D eigenvalue weighted by Crippen LogP contribution is 2.49. The Kier molecular flexibility index (Phi) is 3.95. The van der Waals surface area contributed by atoms with Gasteiger partial charge in [-0.1, -0.05) is 24.6 Å². The molecular weight excluding hydrogens is 250 g/mol. The molecule has 0 saturated heterocycles. The van der Waals surface area contributed by atoms with Crippen molar-refractivity contribution in [3.05, 3.63) is 29.8 Å². The first-order valence-corrected chi connectivity index (χ1v) is 7.65. The van der Waals surface area contributed by atoms with Gasteiger partial charge < -0.3 is 10.1 Å². The van der Waals surface area contributed by atoms with Gasteiger partial charge in [-0.25, -0.2) is 0 Å². The molecule has 2 aliphatic carbocycles. The van der Waals surface area contributed by atoms with Gasteiger partial charge in [0, 0.05) is 18.5 Å². The number of ether oxygens (including phenoxy) is 1. The van der Waals surface area contributed by atoms with Crippen LogP contribution in [-0.4, -0.2) is 13.0 Å². The van der Waals surface area contributed by atoms with E-state index in [4.69, 9.17) is 4.74 Å². The van der Waals surface area contributed by atoms with Gasteiger partial charge in [0.1, 0.15) is 5.75 Å². The summed E-state index contributed by atoms with van der Waals surface area (Å²) in [6.45, 7) is 0.559. The average molecular weight is 273 g/mol. The molecule has 0 aliphatic heterocycles. The lowest BCUT2D eigenvalue weighted by atomic mass is 9.86. The molecule has 2 bridgehead atoms. The Labute approximate surface area is 120 Å². The van der Waals surface area contributed by atoms with Gasteiger partial charge in [-0.3, -0.25) is 4.79 Å². The van der Waals surface area contributed by atoms with Crippen molar-refractivity contribution in [1.29, 1.82) is 0 Å². The number of nitrogens with one attached hydrogen (secondary N) is 1. The zero-order chi connectivity index (χ0) is 13.9. The molecule has 0 radical (unpaired) electrons. The van der Waals surface area contributed by atoms with Gasteiger partial charge in [-0.2, -0.15) is 0 Å². The second kappa shape index (κ2) is 5.86. The summed E-state index contributed by atoms with van der Waals surface area (Å²) >= 11 is 0. The van der Waals surface area contributed by atoms with Gasteiger partial charge in [0.2, 0.25) is 5.91 Å². The van der Waals surface area contributed by atoms with Crippen molar-refractivity contribution >= 4 is 5.91 Å². The first-order valence-electron chi connectivity index (χ1n) is 7.65. The molecule has 0 heterocycles. The summed E-state index contributed by atoms with van der Waals surface area (Å²) in [5, 5.41) is 3.04. The first-order chi connectivity index (χ1) is 9.76. The van der Waals surface area contributed by atoms with Gasteiger partial charge in [-0.15, -0.1) is 0 Å². The highest BCUT2D eigenvalue weighted by Gasteiger charge is 2.39. The van der Waals surface area contributed by atoms with Crippen molar-refractivity contribution in [2.75, 3.05) is 7.11 Å². The fourth-order valence-corrected chi connectivity index (χ4v) is 3.98. The Balaban J connectivity index is 1.50. The van der Waals surface area contributed by atoms with Gasteiger partial charge in [0.05, 0.1) is 7.11 Å². The van der Waals surface area contributed by atoms with Gasteiger partial charge >= 0.3 is 0 Å². The van der Waals surface area contributed by atoms with Crippen LogP contribution in [-0.2, 0) is 11.3 Å². The van der Waals surface area contributed by atoms with Gasteiger partial charge in [0.25, 0.3) is 0 Å². The number of methoxy groups -OCH3 is 1. The molecule has 2 fully saturated rings. The molecule has 1 aromatic carbocycles. The minimum atomic E-state index is 0.188. The van der Waals surface area contributed by atoms with Crippen LogP contribution in [0.4, 0.5) is 0 Å². The molecule has 3 rings (SSSR count). The number of carbonyl (C=O) groups is 1. The Morgan fingerprint density at radius 1 is 1.30 bits per heavy atom. The zero-order valence-electron chi connectivity index (χ0n) is 12.1. The number of carbonyl (C=O) groups excluding carboxylic acids is 1. The third-order valence-corrected chi connectivity index (χ3v) is 5.00. The standard InChI is InChI=1S/C17H23NO2/c1-20-16-5-3-2-4-14(16)11-18-17(19)10-15-9-12-6-7-13(15)8-12/h2-5,12-13,15H,6-11H2,1H3,(H,18,19)/t12-,13-,15+/m0/s1. The van der Waals surface area contributed by atoms with E-state index in [0.29, 0.717) is 18.9 Å². The molecule has 0 aromatic heterocycles. The van der Waals surface area contributed by atoms with E-state index < -0.39 is 0 Å².